The first kappa shape index (κ1) is 22.6. The number of carbonyl (C=O) groups is 1. The number of nitrogens with one attached hydrogen (secondary N) is 1. The quantitative estimate of drug-likeness (QED) is 0.571. The maximum atomic E-state index is 13.4. The Labute approximate surface area is 190 Å². The van der Waals surface area contributed by atoms with Crippen LogP contribution in [0.3, 0.4) is 0 Å². The number of rotatable bonds is 7. The van der Waals surface area contributed by atoms with Gasteiger partial charge in [0.25, 0.3) is 11.5 Å². The molecule has 0 unspecified atom stereocenters. The molecule has 1 aliphatic rings. The number of nitrogens with zero attached hydrogens (tertiary/aromatic N) is 3. The van der Waals surface area contributed by atoms with E-state index in [1.54, 1.807) is 12.1 Å². The third-order valence-corrected chi connectivity index (χ3v) is 5.48. The van der Waals surface area contributed by atoms with Gasteiger partial charge in [-0.25, -0.2) is 9.37 Å². The number of amides is 1. The number of aromatic nitrogens is 2. The number of carbonyl (C=O) groups excluding carboxylic acids is 1. The predicted octanol–water partition coefficient (Wildman–Crippen LogP) is 2.29. The molecule has 2 aromatic carbocycles. The van der Waals surface area contributed by atoms with E-state index in [4.69, 9.17) is 4.74 Å². The smallest absolute Gasteiger partial charge is 0.293 e. The standard InChI is InChI=1S/C24H25FN4O4/c25-20-6-4-17(5-7-20)14-29(24(32)21-22(30)23(31)27-16-26-21)15-19-3-1-2-18(12-19)13-28-8-10-33-11-9-28/h1-7,12,16,30H,8-11,13-15H2,(H,26,27,31). The average Bonchev–Trinajstić information content (AvgIpc) is 2.82. The second-order valence-corrected chi connectivity index (χ2v) is 7.93. The van der Waals surface area contributed by atoms with Gasteiger partial charge in [-0.15, -0.1) is 0 Å². The van der Waals surface area contributed by atoms with E-state index in [0.717, 1.165) is 37.1 Å². The Morgan fingerprint density at radius 2 is 1.79 bits per heavy atom. The summed E-state index contributed by atoms with van der Waals surface area (Å²) >= 11 is 0. The van der Waals surface area contributed by atoms with Crippen molar-refractivity contribution in [2.24, 2.45) is 0 Å². The van der Waals surface area contributed by atoms with E-state index >= 15 is 0 Å². The molecule has 0 saturated carbocycles. The highest BCUT2D eigenvalue weighted by Crippen LogP contribution is 2.18. The van der Waals surface area contributed by atoms with Crippen LogP contribution in [-0.2, 0) is 24.4 Å². The first-order chi connectivity index (χ1) is 16.0. The molecule has 1 aromatic heterocycles. The molecule has 1 saturated heterocycles. The van der Waals surface area contributed by atoms with Gasteiger partial charge in [-0.3, -0.25) is 14.5 Å². The van der Waals surface area contributed by atoms with Crippen molar-refractivity contribution >= 4 is 5.91 Å². The zero-order valence-electron chi connectivity index (χ0n) is 18.0. The van der Waals surface area contributed by atoms with Crippen LogP contribution in [0.5, 0.6) is 5.75 Å². The van der Waals surface area contributed by atoms with E-state index in [1.807, 2.05) is 24.3 Å². The summed E-state index contributed by atoms with van der Waals surface area (Å²) < 4.78 is 18.8. The lowest BCUT2D eigenvalue weighted by Gasteiger charge is -2.27. The lowest BCUT2D eigenvalue weighted by Crippen LogP contribution is -2.35. The minimum Gasteiger partial charge on any atom is -0.501 e. The van der Waals surface area contributed by atoms with Crippen LogP contribution in [0, 0.1) is 5.82 Å². The number of halogens is 1. The summed E-state index contributed by atoms with van der Waals surface area (Å²) in [6, 6.07) is 13.8. The molecule has 1 amide bonds. The second-order valence-electron chi connectivity index (χ2n) is 7.93. The third-order valence-electron chi connectivity index (χ3n) is 5.48. The Hall–Kier alpha value is -3.56. The average molecular weight is 452 g/mol. The number of aromatic hydroxyl groups is 1. The molecule has 0 atom stereocenters. The van der Waals surface area contributed by atoms with Crippen molar-refractivity contribution in [1.82, 2.24) is 19.8 Å². The molecule has 33 heavy (non-hydrogen) atoms. The number of morpholine rings is 1. The molecule has 0 radical (unpaired) electrons. The van der Waals surface area contributed by atoms with E-state index in [2.05, 4.69) is 14.9 Å². The molecule has 0 aliphatic carbocycles. The van der Waals surface area contributed by atoms with Gasteiger partial charge in [0.1, 0.15) is 5.82 Å². The molecule has 4 rings (SSSR count). The molecule has 3 aromatic rings. The molecule has 9 heteroatoms. The van der Waals surface area contributed by atoms with Crippen molar-refractivity contribution in [1.29, 1.82) is 0 Å². The number of benzene rings is 2. The number of hydrogen-bond acceptors (Lipinski definition) is 6. The van der Waals surface area contributed by atoms with Crippen molar-refractivity contribution in [3.05, 3.63) is 93.4 Å². The van der Waals surface area contributed by atoms with Gasteiger partial charge in [-0.05, 0) is 28.8 Å². The van der Waals surface area contributed by atoms with E-state index < -0.39 is 17.2 Å². The number of aromatic amines is 1. The Balaban J connectivity index is 1.58. The fraction of sp³-hybridized carbons (Fsp3) is 0.292. The maximum Gasteiger partial charge on any atom is 0.293 e. The van der Waals surface area contributed by atoms with Gasteiger partial charge in [0.2, 0.25) is 5.75 Å². The number of hydrogen-bond donors (Lipinski definition) is 2. The zero-order valence-corrected chi connectivity index (χ0v) is 18.0. The van der Waals surface area contributed by atoms with Crippen LogP contribution in [0.15, 0.2) is 59.7 Å². The van der Waals surface area contributed by atoms with Crippen molar-refractivity contribution in [2.75, 3.05) is 26.3 Å². The second kappa shape index (κ2) is 10.4. The molecule has 2 N–H and O–H groups in total. The van der Waals surface area contributed by atoms with Crippen LogP contribution in [0.4, 0.5) is 4.39 Å². The molecule has 1 fully saturated rings. The van der Waals surface area contributed by atoms with Crippen molar-refractivity contribution in [2.45, 2.75) is 19.6 Å². The van der Waals surface area contributed by atoms with Gasteiger partial charge in [-0.2, -0.15) is 0 Å². The summed E-state index contributed by atoms with van der Waals surface area (Å²) in [5.74, 6) is -1.70. The fourth-order valence-corrected chi connectivity index (χ4v) is 3.77. The Morgan fingerprint density at radius 3 is 2.55 bits per heavy atom. The Morgan fingerprint density at radius 1 is 1.09 bits per heavy atom. The van der Waals surface area contributed by atoms with Crippen LogP contribution in [0.1, 0.15) is 27.2 Å². The molecule has 1 aliphatic heterocycles. The summed E-state index contributed by atoms with van der Waals surface area (Å²) in [6.45, 7) is 4.32. The van der Waals surface area contributed by atoms with Gasteiger partial charge in [0.15, 0.2) is 5.69 Å². The van der Waals surface area contributed by atoms with Crippen molar-refractivity contribution < 1.29 is 19.0 Å². The topological polar surface area (TPSA) is 98.8 Å². The highest BCUT2D eigenvalue weighted by molar-refractivity contribution is 5.94. The third kappa shape index (κ3) is 5.82. The molecule has 0 bridgehead atoms. The maximum absolute atomic E-state index is 13.4. The lowest BCUT2D eigenvalue weighted by atomic mass is 10.1. The largest absolute Gasteiger partial charge is 0.501 e. The van der Waals surface area contributed by atoms with Crippen LogP contribution < -0.4 is 5.56 Å². The normalized spacial score (nSPS) is 14.2. The summed E-state index contributed by atoms with van der Waals surface area (Å²) in [7, 11) is 0. The van der Waals surface area contributed by atoms with E-state index in [0.29, 0.717) is 18.8 Å². The SMILES string of the molecule is O=C(c1nc[nH]c(=O)c1O)N(Cc1ccc(F)cc1)Cc1cccc(CN2CCOCC2)c1. The van der Waals surface area contributed by atoms with Gasteiger partial charge in [-0.1, -0.05) is 36.4 Å². The number of ether oxygens (including phenoxy) is 1. The fourth-order valence-electron chi connectivity index (χ4n) is 3.77. The van der Waals surface area contributed by atoms with E-state index in [1.165, 1.54) is 17.0 Å². The molecule has 2 heterocycles. The zero-order chi connectivity index (χ0) is 23.2. The number of H-pyrrole nitrogens is 1. The molecule has 0 spiro atoms. The Kier molecular flexibility index (Phi) is 7.11. The molecular weight excluding hydrogens is 427 g/mol. The first-order valence-corrected chi connectivity index (χ1v) is 10.7. The molecule has 172 valence electrons. The first-order valence-electron chi connectivity index (χ1n) is 10.7. The molecule has 8 nitrogen and oxygen atoms in total. The van der Waals surface area contributed by atoms with Crippen LogP contribution in [0.2, 0.25) is 0 Å². The van der Waals surface area contributed by atoms with E-state index in [-0.39, 0.29) is 24.6 Å². The highest BCUT2D eigenvalue weighted by Gasteiger charge is 2.23. The summed E-state index contributed by atoms with van der Waals surface area (Å²) in [4.78, 5) is 34.9. The van der Waals surface area contributed by atoms with Crippen LogP contribution in [-0.4, -0.2) is 57.1 Å². The predicted molar refractivity (Wildman–Crippen MR) is 119 cm³/mol. The summed E-state index contributed by atoms with van der Waals surface area (Å²) in [5, 5.41) is 10.1. The van der Waals surface area contributed by atoms with Gasteiger partial charge in [0.05, 0.1) is 19.5 Å². The Bertz CT molecular complexity index is 1160. The summed E-state index contributed by atoms with van der Waals surface area (Å²) in [5.41, 5.74) is 1.59. The molecular formula is C24H25FN4O4. The lowest BCUT2D eigenvalue weighted by molar-refractivity contribution is 0.0341. The van der Waals surface area contributed by atoms with Gasteiger partial charge >= 0.3 is 0 Å². The monoisotopic (exact) mass is 452 g/mol. The van der Waals surface area contributed by atoms with Gasteiger partial charge in [0, 0.05) is 32.7 Å². The van der Waals surface area contributed by atoms with Crippen molar-refractivity contribution in [3.63, 3.8) is 0 Å². The van der Waals surface area contributed by atoms with Crippen LogP contribution in [0.25, 0.3) is 0 Å². The summed E-state index contributed by atoms with van der Waals surface area (Å²) in [6.07, 6.45) is 1.08. The van der Waals surface area contributed by atoms with Gasteiger partial charge < -0.3 is 19.7 Å². The van der Waals surface area contributed by atoms with Crippen molar-refractivity contribution in [3.8, 4) is 5.75 Å². The minimum absolute atomic E-state index is 0.153. The van der Waals surface area contributed by atoms with Crippen LogP contribution >= 0.6 is 0 Å². The minimum atomic E-state index is -0.789. The van der Waals surface area contributed by atoms with E-state index in [9.17, 15) is 19.1 Å². The highest BCUT2D eigenvalue weighted by atomic mass is 19.1.